The summed E-state index contributed by atoms with van der Waals surface area (Å²) in [4.78, 5) is 10.9. The van der Waals surface area contributed by atoms with Gasteiger partial charge < -0.3 is 10.8 Å². The molecule has 3 N–H and O–H groups in total. The van der Waals surface area contributed by atoms with Gasteiger partial charge in [-0.3, -0.25) is 4.79 Å². The highest BCUT2D eigenvalue weighted by molar-refractivity contribution is 5.74. The minimum atomic E-state index is -0.275. The summed E-state index contributed by atoms with van der Waals surface area (Å²) in [7, 11) is 0. The number of amides is 1. The van der Waals surface area contributed by atoms with Crippen molar-refractivity contribution in [1.82, 2.24) is 0 Å². The second kappa shape index (κ2) is 4.52. The van der Waals surface area contributed by atoms with Gasteiger partial charge in [0.2, 0.25) is 5.91 Å². The van der Waals surface area contributed by atoms with Gasteiger partial charge in [-0.15, -0.1) is 0 Å². The summed E-state index contributed by atoms with van der Waals surface area (Å²) >= 11 is 0. The lowest BCUT2D eigenvalue weighted by Gasteiger charge is -2.41. The van der Waals surface area contributed by atoms with Gasteiger partial charge in [-0.05, 0) is 36.5 Å². The number of aliphatic hydroxyl groups is 1. The van der Waals surface area contributed by atoms with Crippen LogP contribution in [0.3, 0.4) is 0 Å². The first-order valence-electron chi connectivity index (χ1n) is 5.80. The number of carbonyl (C=O) groups excluding carboxylic acids is 1. The van der Waals surface area contributed by atoms with Gasteiger partial charge in [-0.2, -0.15) is 0 Å². The molecule has 0 saturated heterocycles. The molecule has 3 atom stereocenters. The average Bonchev–Trinajstić information content (AvgIpc) is 1.99. The average molecular weight is 213 g/mol. The lowest BCUT2D eigenvalue weighted by atomic mass is 9.66. The third-order valence-electron chi connectivity index (χ3n) is 3.73. The smallest absolute Gasteiger partial charge is 0.217 e. The number of carbonyl (C=O) groups is 1. The van der Waals surface area contributed by atoms with Crippen molar-refractivity contribution in [3.8, 4) is 0 Å². The highest BCUT2D eigenvalue weighted by Crippen LogP contribution is 2.43. The fourth-order valence-corrected chi connectivity index (χ4v) is 2.82. The van der Waals surface area contributed by atoms with Gasteiger partial charge in [-0.1, -0.05) is 20.8 Å². The van der Waals surface area contributed by atoms with Crippen LogP contribution < -0.4 is 5.73 Å². The van der Waals surface area contributed by atoms with E-state index >= 15 is 0 Å². The summed E-state index contributed by atoms with van der Waals surface area (Å²) in [5.74, 6) is 0.636. The molecule has 1 aliphatic carbocycles. The molecule has 0 aliphatic heterocycles. The van der Waals surface area contributed by atoms with Gasteiger partial charge in [0.25, 0.3) is 0 Å². The van der Waals surface area contributed by atoms with Crippen LogP contribution in [0.4, 0.5) is 0 Å². The third kappa shape index (κ3) is 3.20. The van der Waals surface area contributed by atoms with E-state index in [4.69, 9.17) is 5.73 Å². The van der Waals surface area contributed by atoms with Crippen molar-refractivity contribution in [2.45, 2.75) is 52.6 Å². The lowest BCUT2D eigenvalue weighted by molar-refractivity contribution is -0.121. The minimum absolute atomic E-state index is 0.0867. The largest absolute Gasteiger partial charge is 0.393 e. The summed E-state index contributed by atoms with van der Waals surface area (Å²) in [6.07, 6.45) is 2.83. The van der Waals surface area contributed by atoms with E-state index in [1.165, 1.54) is 0 Å². The molecule has 0 bridgehead atoms. The van der Waals surface area contributed by atoms with Crippen LogP contribution in [0.2, 0.25) is 0 Å². The number of aliphatic hydroxyl groups excluding tert-OH is 1. The highest BCUT2D eigenvalue weighted by Gasteiger charge is 2.38. The molecular weight excluding hydrogens is 190 g/mol. The maximum Gasteiger partial charge on any atom is 0.217 e. The summed E-state index contributed by atoms with van der Waals surface area (Å²) < 4.78 is 0. The maximum atomic E-state index is 10.9. The second-order valence-corrected chi connectivity index (χ2v) is 5.67. The zero-order valence-corrected chi connectivity index (χ0v) is 9.99. The van der Waals surface area contributed by atoms with Crippen LogP contribution in [0.5, 0.6) is 0 Å². The Kier molecular flexibility index (Phi) is 3.77. The van der Waals surface area contributed by atoms with E-state index in [1.807, 2.05) is 0 Å². The van der Waals surface area contributed by atoms with Crippen LogP contribution >= 0.6 is 0 Å². The Morgan fingerprint density at radius 2 is 2.20 bits per heavy atom. The normalized spacial score (nSPS) is 36.9. The van der Waals surface area contributed by atoms with E-state index in [-0.39, 0.29) is 17.4 Å². The first kappa shape index (κ1) is 12.5. The summed E-state index contributed by atoms with van der Waals surface area (Å²) in [5, 5.41) is 10.0. The Morgan fingerprint density at radius 1 is 1.60 bits per heavy atom. The Morgan fingerprint density at radius 3 is 2.60 bits per heavy atom. The molecule has 88 valence electrons. The van der Waals surface area contributed by atoms with Crippen molar-refractivity contribution < 1.29 is 9.90 Å². The van der Waals surface area contributed by atoms with Crippen molar-refractivity contribution in [3.05, 3.63) is 0 Å². The molecule has 1 fully saturated rings. The first-order valence-corrected chi connectivity index (χ1v) is 5.80. The number of hydrogen-bond acceptors (Lipinski definition) is 2. The number of primary amides is 1. The molecule has 0 heterocycles. The number of nitrogens with two attached hydrogens (primary N) is 1. The fourth-order valence-electron chi connectivity index (χ4n) is 2.82. The molecule has 1 amide bonds. The summed E-state index contributed by atoms with van der Waals surface area (Å²) in [5.41, 5.74) is 5.14. The number of rotatable bonds is 3. The molecule has 15 heavy (non-hydrogen) atoms. The standard InChI is InChI=1S/C12H23NO2/c1-8(2)9-4-5-12(3,6-10(9)14)7-11(13)15/h8-10,14H,4-7H2,1-3H3,(H2,13,15). The van der Waals surface area contributed by atoms with Crippen LogP contribution in [0.25, 0.3) is 0 Å². The predicted octanol–water partition coefficient (Wildman–Crippen LogP) is 1.69. The molecule has 1 aliphatic rings. The molecule has 0 spiro atoms. The lowest BCUT2D eigenvalue weighted by Crippen LogP contribution is -2.39. The molecular formula is C12H23NO2. The topological polar surface area (TPSA) is 63.3 Å². The van der Waals surface area contributed by atoms with E-state index in [2.05, 4.69) is 20.8 Å². The van der Waals surface area contributed by atoms with E-state index in [9.17, 15) is 9.90 Å². The molecule has 1 saturated carbocycles. The number of hydrogen-bond donors (Lipinski definition) is 2. The molecule has 0 radical (unpaired) electrons. The molecule has 0 aromatic carbocycles. The van der Waals surface area contributed by atoms with Crippen molar-refractivity contribution in [2.24, 2.45) is 23.0 Å². The third-order valence-corrected chi connectivity index (χ3v) is 3.73. The van der Waals surface area contributed by atoms with Gasteiger partial charge in [-0.25, -0.2) is 0 Å². The molecule has 1 rings (SSSR count). The first-order chi connectivity index (χ1) is 6.84. The SMILES string of the molecule is CC(C)C1CCC(C)(CC(N)=O)CC1O. The van der Waals surface area contributed by atoms with Crippen LogP contribution in [-0.2, 0) is 4.79 Å². The molecule has 0 aromatic heterocycles. The quantitative estimate of drug-likeness (QED) is 0.749. The monoisotopic (exact) mass is 213 g/mol. The Balaban J connectivity index is 2.60. The summed E-state index contributed by atoms with van der Waals surface area (Å²) in [6, 6.07) is 0. The molecule has 3 heteroatoms. The molecule has 3 unspecified atom stereocenters. The van der Waals surface area contributed by atoms with Gasteiger partial charge in [0, 0.05) is 6.42 Å². The van der Waals surface area contributed by atoms with E-state index in [0.29, 0.717) is 24.7 Å². The van der Waals surface area contributed by atoms with Crippen molar-refractivity contribution >= 4 is 5.91 Å². The minimum Gasteiger partial charge on any atom is -0.393 e. The van der Waals surface area contributed by atoms with Gasteiger partial charge >= 0.3 is 0 Å². The van der Waals surface area contributed by atoms with Crippen molar-refractivity contribution in [1.29, 1.82) is 0 Å². The zero-order chi connectivity index (χ0) is 11.6. The zero-order valence-electron chi connectivity index (χ0n) is 9.99. The van der Waals surface area contributed by atoms with E-state index in [1.54, 1.807) is 0 Å². The van der Waals surface area contributed by atoms with E-state index in [0.717, 1.165) is 12.8 Å². The molecule has 0 aromatic rings. The summed E-state index contributed by atoms with van der Waals surface area (Å²) in [6.45, 7) is 6.34. The maximum absolute atomic E-state index is 10.9. The highest BCUT2D eigenvalue weighted by atomic mass is 16.3. The molecule has 3 nitrogen and oxygen atoms in total. The Bertz CT molecular complexity index is 240. The Hall–Kier alpha value is -0.570. The van der Waals surface area contributed by atoms with Gasteiger partial charge in [0.05, 0.1) is 6.10 Å². The van der Waals surface area contributed by atoms with Crippen LogP contribution in [0, 0.1) is 17.3 Å². The predicted molar refractivity (Wildman–Crippen MR) is 60.1 cm³/mol. The van der Waals surface area contributed by atoms with E-state index < -0.39 is 0 Å². The fraction of sp³-hybridized carbons (Fsp3) is 0.917. The Labute approximate surface area is 92.0 Å². The van der Waals surface area contributed by atoms with Crippen LogP contribution in [0.1, 0.15) is 46.5 Å². The van der Waals surface area contributed by atoms with Gasteiger partial charge in [0.15, 0.2) is 0 Å². The van der Waals surface area contributed by atoms with Gasteiger partial charge in [0.1, 0.15) is 0 Å². The van der Waals surface area contributed by atoms with Crippen LogP contribution in [0.15, 0.2) is 0 Å². The van der Waals surface area contributed by atoms with Crippen LogP contribution in [-0.4, -0.2) is 17.1 Å². The van der Waals surface area contributed by atoms with Crippen molar-refractivity contribution in [2.75, 3.05) is 0 Å². The van der Waals surface area contributed by atoms with Crippen molar-refractivity contribution in [3.63, 3.8) is 0 Å². The second-order valence-electron chi connectivity index (χ2n) is 5.67.